The van der Waals surface area contributed by atoms with Crippen LogP contribution in [0.2, 0.25) is 0 Å². The van der Waals surface area contributed by atoms with Crippen LogP contribution in [0, 0.1) is 0 Å². The molecule has 3 aromatic carbocycles. The van der Waals surface area contributed by atoms with Crippen LogP contribution in [0.1, 0.15) is 33.4 Å². The van der Waals surface area contributed by atoms with Crippen LogP contribution in [0.5, 0.6) is 0 Å². The van der Waals surface area contributed by atoms with Crippen LogP contribution < -0.4 is 0 Å². The van der Waals surface area contributed by atoms with Gasteiger partial charge in [0, 0.05) is 12.8 Å². The highest BCUT2D eigenvalue weighted by Gasteiger charge is 2.52. The van der Waals surface area contributed by atoms with Gasteiger partial charge in [-0.05, 0) is 33.4 Å². The lowest BCUT2D eigenvalue weighted by Crippen LogP contribution is -2.43. The van der Waals surface area contributed by atoms with E-state index in [1.54, 1.807) is 72.8 Å². The predicted octanol–water partition coefficient (Wildman–Crippen LogP) is 2.56. The molecule has 3 aromatic rings. The van der Waals surface area contributed by atoms with E-state index in [9.17, 15) is 29.4 Å². The average molecular weight is 599 g/mol. The first-order valence-electron chi connectivity index (χ1n) is 13.6. The molecule has 0 saturated heterocycles. The Kier molecular flexibility index (Phi) is 7.98. The molecule has 10 heteroatoms. The minimum atomic E-state index is -2.21. The van der Waals surface area contributed by atoms with E-state index in [1.807, 2.05) is 0 Å². The van der Waals surface area contributed by atoms with Crippen molar-refractivity contribution in [3.05, 3.63) is 128 Å². The Morgan fingerprint density at radius 3 is 1.16 bits per heavy atom. The molecule has 5 rings (SSSR count). The summed E-state index contributed by atoms with van der Waals surface area (Å²) >= 11 is 0. The molecule has 0 aromatic heterocycles. The fourth-order valence-electron chi connectivity index (χ4n) is 6.22. The second-order valence-electron chi connectivity index (χ2n) is 10.3. The highest BCUT2D eigenvalue weighted by atomic mass is 16.5. The van der Waals surface area contributed by atoms with Crippen LogP contribution in [0.3, 0.4) is 0 Å². The molecule has 226 valence electrons. The smallest absolute Gasteiger partial charge is 0.337 e. The molecule has 2 aliphatic carbocycles. The van der Waals surface area contributed by atoms with Crippen LogP contribution >= 0.6 is 0 Å². The van der Waals surface area contributed by atoms with Gasteiger partial charge < -0.3 is 29.2 Å². The molecule has 0 bridgehead atoms. The van der Waals surface area contributed by atoms with Crippen LogP contribution in [0.25, 0.3) is 0 Å². The summed E-state index contributed by atoms with van der Waals surface area (Å²) in [5.74, 6) is -3.60. The van der Waals surface area contributed by atoms with Crippen LogP contribution in [0.15, 0.2) is 95.1 Å². The van der Waals surface area contributed by atoms with E-state index in [-0.39, 0.29) is 57.4 Å². The van der Waals surface area contributed by atoms with Crippen molar-refractivity contribution in [2.75, 3.05) is 28.4 Å². The maximum absolute atomic E-state index is 13.3. The molecule has 44 heavy (non-hydrogen) atoms. The van der Waals surface area contributed by atoms with Crippen LogP contribution in [-0.2, 0) is 62.2 Å². The summed E-state index contributed by atoms with van der Waals surface area (Å²) in [5.41, 5.74) is -3.65. The van der Waals surface area contributed by atoms with Crippen molar-refractivity contribution in [3.63, 3.8) is 0 Å². The summed E-state index contributed by atoms with van der Waals surface area (Å²) in [6, 6.07) is 19.7. The van der Waals surface area contributed by atoms with Gasteiger partial charge in [0.25, 0.3) is 0 Å². The molecular formula is C34H30O10. The average Bonchev–Trinajstić information content (AvgIpc) is 3.06. The van der Waals surface area contributed by atoms with Crippen molar-refractivity contribution in [2.45, 2.75) is 24.0 Å². The molecule has 0 spiro atoms. The lowest BCUT2D eigenvalue weighted by atomic mass is 9.65. The van der Waals surface area contributed by atoms with Crippen molar-refractivity contribution in [2.24, 2.45) is 0 Å². The van der Waals surface area contributed by atoms with Gasteiger partial charge in [-0.25, -0.2) is 19.2 Å². The maximum atomic E-state index is 13.3. The van der Waals surface area contributed by atoms with E-state index in [0.717, 1.165) is 28.4 Å². The van der Waals surface area contributed by atoms with Gasteiger partial charge in [0.1, 0.15) is 11.2 Å². The number of esters is 4. The number of hydrogen-bond acceptors (Lipinski definition) is 10. The number of carbonyl (C=O) groups excluding carboxylic acids is 4. The maximum Gasteiger partial charge on any atom is 0.337 e. The Labute approximate surface area is 253 Å². The molecule has 2 atom stereocenters. The molecule has 2 unspecified atom stereocenters. The van der Waals surface area contributed by atoms with Crippen molar-refractivity contribution >= 4 is 23.9 Å². The number of hydrogen-bond donors (Lipinski definition) is 2. The van der Waals surface area contributed by atoms with E-state index in [4.69, 9.17) is 18.9 Å². The third kappa shape index (κ3) is 4.50. The van der Waals surface area contributed by atoms with Gasteiger partial charge in [-0.1, -0.05) is 72.8 Å². The van der Waals surface area contributed by atoms with Gasteiger partial charge in [0.05, 0.1) is 50.7 Å². The van der Waals surface area contributed by atoms with Gasteiger partial charge in [-0.3, -0.25) is 0 Å². The standard InChI is InChI=1S/C34H30O10/c1-41-29(35)23-15-19-17-26-20(18-25(19)33(39,27(23)31(37)43-3)21-11-7-5-8-12-21)16-24(30(36)42-2)28(32(38)44-4)34(26,40)22-13-9-6-10-14-22/h5-14,17-18,39-40H,15-16H2,1-4H3. The number of ether oxygens (including phenoxy) is 4. The largest absolute Gasteiger partial charge is 0.466 e. The third-order valence-corrected chi connectivity index (χ3v) is 8.20. The lowest BCUT2D eigenvalue weighted by Gasteiger charge is -2.41. The molecule has 0 radical (unpaired) electrons. The monoisotopic (exact) mass is 598 g/mol. The summed E-state index contributed by atoms with van der Waals surface area (Å²) in [4.78, 5) is 52.8. The molecule has 0 amide bonds. The van der Waals surface area contributed by atoms with E-state index in [0.29, 0.717) is 11.1 Å². The highest BCUT2D eigenvalue weighted by Crippen LogP contribution is 2.51. The van der Waals surface area contributed by atoms with Gasteiger partial charge >= 0.3 is 23.9 Å². The van der Waals surface area contributed by atoms with Gasteiger partial charge in [-0.15, -0.1) is 0 Å². The molecule has 0 aliphatic heterocycles. The van der Waals surface area contributed by atoms with E-state index in [1.165, 1.54) is 0 Å². The minimum Gasteiger partial charge on any atom is -0.466 e. The quantitative estimate of drug-likeness (QED) is 0.321. The Bertz CT molecular complexity index is 1610. The zero-order valence-corrected chi connectivity index (χ0v) is 24.5. The molecule has 10 nitrogen and oxygen atoms in total. The minimum absolute atomic E-state index is 0.142. The Morgan fingerprint density at radius 2 is 0.864 bits per heavy atom. The van der Waals surface area contributed by atoms with Gasteiger partial charge in [0.2, 0.25) is 0 Å². The predicted molar refractivity (Wildman–Crippen MR) is 155 cm³/mol. The molecule has 0 saturated carbocycles. The molecular weight excluding hydrogens is 568 g/mol. The second kappa shape index (κ2) is 11.6. The summed E-state index contributed by atoms with van der Waals surface area (Å²) in [6.07, 6.45) is -0.359. The zero-order chi connectivity index (χ0) is 31.8. The van der Waals surface area contributed by atoms with E-state index in [2.05, 4.69) is 0 Å². The third-order valence-electron chi connectivity index (χ3n) is 8.20. The summed E-state index contributed by atoms with van der Waals surface area (Å²) < 4.78 is 20.1. The topological polar surface area (TPSA) is 146 Å². The van der Waals surface area contributed by atoms with Crippen molar-refractivity contribution in [1.82, 2.24) is 0 Å². The second-order valence-corrected chi connectivity index (χ2v) is 10.3. The Hall–Kier alpha value is -5.06. The number of aliphatic hydroxyl groups is 2. The SMILES string of the molecule is COC(=O)C1=C(C(=O)OC)C(O)(c2ccccc2)c2cc3c(cc2C1)C(O)(c1ccccc1)C(C(=O)OC)=C(C(=O)OC)C3. The first-order valence-corrected chi connectivity index (χ1v) is 13.6. The van der Waals surface area contributed by atoms with Crippen LogP contribution in [0.4, 0.5) is 0 Å². The molecule has 2 N–H and O–H groups in total. The van der Waals surface area contributed by atoms with E-state index < -0.39 is 35.1 Å². The summed E-state index contributed by atoms with van der Waals surface area (Å²) in [5, 5.41) is 25.2. The van der Waals surface area contributed by atoms with E-state index >= 15 is 0 Å². The fraction of sp³-hybridized carbons (Fsp3) is 0.235. The highest BCUT2D eigenvalue weighted by molar-refractivity contribution is 6.05. The molecule has 0 heterocycles. The fourth-order valence-corrected chi connectivity index (χ4v) is 6.22. The normalized spacial score (nSPS) is 20.7. The number of fused-ring (bicyclic) bond motifs is 2. The van der Waals surface area contributed by atoms with Crippen LogP contribution in [-0.4, -0.2) is 62.5 Å². The number of rotatable bonds is 6. The number of methoxy groups -OCH3 is 4. The first-order chi connectivity index (χ1) is 21.1. The van der Waals surface area contributed by atoms with Gasteiger partial charge in [0.15, 0.2) is 0 Å². The van der Waals surface area contributed by atoms with Gasteiger partial charge in [-0.2, -0.15) is 0 Å². The molecule has 0 fully saturated rings. The number of carbonyl (C=O) groups is 4. The van der Waals surface area contributed by atoms with Crippen molar-refractivity contribution < 1.29 is 48.3 Å². The summed E-state index contributed by atoms with van der Waals surface area (Å²) in [7, 11) is 4.59. The Morgan fingerprint density at radius 1 is 0.545 bits per heavy atom. The first kappa shape index (κ1) is 30.4. The van der Waals surface area contributed by atoms with Crippen molar-refractivity contribution in [1.29, 1.82) is 0 Å². The number of benzene rings is 3. The lowest BCUT2D eigenvalue weighted by molar-refractivity contribution is -0.141. The Balaban J connectivity index is 1.91. The zero-order valence-electron chi connectivity index (χ0n) is 24.5. The van der Waals surface area contributed by atoms with Crippen molar-refractivity contribution in [3.8, 4) is 0 Å². The summed E-state index contributed by atoms with van der Waals surface area (Å²) in [6.45, 7) is 0. The molecule has 2 aliphatic rings.